The Morgan fingerprint density at radius 3 is 2.57 bits per heavy atom. The van der Waals surface area contributed by atoms with E-state index in [2.05, 4.69) is 5.32 Å². The van der Waals surface area contributed by atoms with Crippen molar-refractivity contribution >= 4 is 23.4 Å². The highest BCUT2D eigenvalue weighted by molar-refractivity contribution is 6.33. The van der Waals surface area contributed by atoms with Crippen LogP contribution in [-0.2, 0) is 0 Å². The Kier molecular flexibility index (Phi) is 6.57. The molecular weight excluding hydrogens is 376 g/mol. The summed E-state index contributed by atoms with van der Waals surface area (Å²) in [6.45, 7) is 4.96. The van der Waals surface area contributed by atoms with E-state index in [4.69, 9.17) is 16.3 Å². The fourth-order valence-electron chi connectivity index (χ4n) is 3.31. The molecular formula is C22H25ClN2O3. The monoisotopic (exact) mass is 400 g/mol. The molecule has 2 aromatic rings. The highest BCUT2D eigenvalue weighted by atomic mass is 35.5. The van der Waals surface area contributed by atoms with Crippen molar-refractivity contribution in [2.75, 3.05) is 13.2 Å². The predicted octanol–water partition coefficient (Wildman–Crippen LogP) is 4.16. The Morgan fingerprint density at radius 1 is 1.18 bits per heavy atom. The third-order valence-corrected chi connectivity index (χ3v) is 5.05. The second-order valence-electron chi connectivity index (χ2n) is 7.24. The average molecular weight is 401 g/mol. The second-order valence-corrected chi connectivity index (χ2v) is 7.65. The summed E-state index contributed by atoms with van der Waals surface area (Å²) in [4.78, 5) is 26.7. The number of benzene rings is 2. The number of nitrogens with one attached hydrogen (secondary N) is 1. The van der Waals surface area contributed by atoms with Crippen LogP contribution in [0.4, 0.5) is 0 Å². The van der Waals surface area contributed by atoms with E-state index in [-0.39, 0.29) is 23.9 Å². The van der Waals surface area contributed by atoms with Gasteiger partial charge in [0.15, 0.2) is 0 Å². The highest BCUT2D eigenvalue weighted by Gasteiger charge is 2.30. The summed E-state index contributed by atoms with van der Waals surface area (Å²) in [5.41, 5.74) is 1.12. The first-order valence-electron chi connectivity index (χ1n) is 9.55. The SMILES string of the molecule is CC(C)NC(=O)c1ccc(OC[C@H]2CCCN2C(=O)c2ccccc2Cl)cc1. The van der Waals surface area contributed by atoms with E-state index in [1.165, 1.54) is 0 Å². The molecule has 0 bridgehead atoms. The summed E-state index contributed by atoms with van der Waals surface area (Å²) >= 11 is 6.18. The smallest absolute Gasteiger partial charge is 0.255 e. The average Bonchev–Trinajstić information content (AvgIpc) is 3.14. The summed E-state index contributed by atoms with van der Waals surface area (Å²) in [6.07, 6.45) is 1.84. The molecule has 6 heteroatoms. The lowest BCUT2D eigenvalue weighted by Gasteiger charge is -2.25. The van der Waals surface area contributed by atoms with Crippen molar-refractivity contribution in [1.29, 1.82) is 0 Å². The Labute approximate surface area is 170 Å². The summed E-state index contributed by atoms with van der Waals surface area (Å²) < 4.78 is 5.89. The molecule has 2 amide bonds. The van der Waals surface area contributed by atoms with E-state index in [9.17, 15) is 9.59 Å². The lowest BCUT2D eigenvalue weighted by atomic mass is 10.1. The zero-order valence-electron chi connectivity index (χ0n) is 16.2. The van der Waals surface area contributed by atoms with Crippen molar-refractivity contribution < 1.29 is 14.3 Å². The van der Waals surface area contributed by atoms with Crippen molar-refractivity contribution in [2.45, 2.75) is 38.8 Å². The maximum absolute atomic E-state index is 12.8. The van der Waals surface area contributed by atoms with Gasteiger partial charge in [0, 0.05) is 18.2 Å². The molecule has 1 saturated heterocycles. The van der Waals surface area contributed by atoms with Crippen LogP contribution in [0, 0.1) is 0 Å². The largest absolute Gasteiger partial charge is 0.491 e. The van der Waals surface area contributed by atoms with Gasteiger partial charge < -0.3 is 15.0 Å². The molecule has 3 rings (SSSR count). The van der Waals surface area contributed by atoms with E-state index >= 15 is 0 Å². The Balaban J connectivity index is 1.60. The van der Waals surface area contributed by atoms with Gasteiger partial charge in [-0.15, -0.1) is 0 Å². The molecule has 0 aliphatic carbocycles. The van der Waals surface area contributed by atoms with Gasteiger partial charge in [-0.2, -0.15) is 0 Å². The van der Waals surface area contributed by atoms with Crippen molar-refractivity contribution in [3.63, 3.8) is 0 Å². The maximum Gasteiger partial charge on any atom is 0.255 e. The van der Waals surface area contributed by atoms with Crippen molar-refractivity contribution in [1.82, 2.24) is 10.2 Å². The molecule has 0 spiro atoms. The number of hydrogen-bond donors (Lipinski definition) is 1. The van der Waals surface area contributed by atoms with Gasteiger partial charge in [-0.3, -0.25) is 9.59 Å². The summed E-state index contributed by atoms with van der Waals surface area (Å²) in [7, 11) is 0. The van der Waals surface area contributed by atoms with Gasteiger partial charge in [0.2, 0.25) is 0 Å². The van der Waals surface area contributed by atoms with Crippen LogP contribution in [0.5, 0.6) is 5.75 Å². The minimum absolute atomic E-state index is 0.00712. The molecule has 1 aliphatic heterocycles. The number of halogens is 1. The van der Waals surface area contributed by atoms with Crippen LogP contribution in [0.25, 0.3) is 0 Å². The third kappa shape index (κ3) is 4.84. The summed E-state index contributed by atoms with van der Waals surface area (Å²) in [5.74, 6) is 0.518. The number of rotatable bonds is 6. The molecule has 1 aliphatic rings. The van der Waals surface area contributed by atoms with E-state index in [0.717, 1.165) is 12.8 Å². The van der Waals surface area contributed by atoms with Gasteiger partial charge in [0.05, 0.1) is 16.6 Å². The fourth-order valence-corrected chi connectivity index (χ4v) is 3.52. The first kappa shape index (κ1) is 20.2. The van der Waals surface area contributed by atoms with Crippen molar-refractivity contribution in [3.05, 3.63) is 64.7 Å². The molecule has 0 radical (unpaired) electrons. The summed E-state index contributed by atoms with van der Waals surface area (Å²) in [6, 6.07) is 14.3. The lowest BCUT2D eigenvalue weighted by Crippen LogP contribution is -2.39. The van der Waals surface area contributed by atoms with Gasteiger partial charge in [0.25, 0.3) is 11.8 Å². The van der Waals surface area contributed by atoms with Crippen molar-refractivity contribution in [2.24, 2.45) is 0 Å². The number of carbonyl (C=O) groups is 2. The molecule has 2 aromatic carbocycles. The van der Waals surface area contributed by atoms with Gasteiger partial charge >= 0.3 is 0 Å². The van der Waals surface area contributed by atoms with Crippen LogP contribution in [0.15, 0.2) is 48.5 Å². The Bertz CT molecular complexity index is 836. The first-order valence-corrected chi connectivity index (χ1v) is 9.92. The number of amides is 2. The Morgan fingerprint density at radius 2 is 1.89 bits per heavy atom. The maximum atomic E-state index is 12.8. The van der Waals surface area contributed by atoms with Gasteiger partial charge in [0.1, 0.15) is 12.4 Å². The van der Waals surface area contributed by atoms with Crippen LogP contribution in [0.1, 0.15) is 47.4 Å². The van der Waals surface area contributed by atoms with Crippen LogP contribution in [0.3, 0.4) is 0 Å². The molecule has 0 saturated carbocycles. The number of nitrogens with zero attached hydrogens (tertiary/aromatic N) is 1. The third-order valence-electron chi connectivity index (χ3n) is 4.72. The highest BCUT2D eigenvalue weighted by Crippen LogP contribution is 2.24. The molecule has 0 unspecified atom stereocenters. The molecule has 1 heterocycles. The minimum atomic E-state index is -0.103. The lowest BCUT2D eigenvalue weighted by molar-refractivity contribution is 0.0691. The van der Waals surface area contributed by atoms with Crippen LogP contribution in [0.2, 0.25) is 5.02 Å². The van der Waals surface area contributed by atoms with Crippen LogP contribution in [-0.4, -0.2) is 41.9 Å². The van der Waals surface area contributed by atoms with E-state index in [1.807, 2.05) is 30.9 Å². The van der Waals surface area contributed by atoms with Gasteiger partial charge in [-0.05, 0) is 63.1 Å². The minimum Gasteiger partial charge on any atom is -0.491 e. The summed E-state index contributed by atoms with van der Waals surface area (Å²) in [5, 5.41) is 3.33. The molecule has 0 aromatic heterocycles. The predicted molar refractivity (Wildman–Crippen MR) is 110 cm³/mol. The quantitative estimate of drug-likeness (QED) is 0.791. The fraction of sp³-hybridized carbons (Fsp3) is 0.364. The van der Waals surface area contributed by atoms with Crippen molar-refractivity contribution in [3.8, 4) is 5.75 Å². The number of carbonyl (C=O) groups excluding carboxylic acids is 2. The standard InChI is InChI=1S/C22H25ClN2O3/c1-15(2)24-21(26)16-9-11-18(12-10-16)28-14-17-6-5-13-25(17)22(27)19-7-3-4-8-20(19)23/h3-4,7-12,15,17H,5-6,13-14H2,1-2H3,(H,24,26)/t17-/m1/s1. The normalized spacial score (nSPS) is 16.3. The van der Waals surface area contributed by atoms with Gasteiger partial charge in [-0.1, -0.05) is 23.7 Å². The number of likely N-dealkylation sites (tertiary alicyclic amines) is 1. The molecule has 28 heavy (non-hydrogen) atoms. The molecule has 5 nitrogen and oxygen atoms in total. The van der Waals surface area contributed by atoms with Crippen LogP contribution < -0.4 is 10.1 Å². The molecule has 1 N–H and O–H groups in total. The van der Waals surface area contributed by atoms with Gasteiger partial charge in [-0.25, -0.2) is 0 Å². The topological polar surface area (TPSA) is 58.6 Å². The Hall–Kier alpha value is -2.53. The zero-order valence-corrected chi connectivity index (χ0v) is 16.9. The van der Waals surface area contributed by atoms with Crippen LogP contribution >= 0.6 is 11.6 Å². The molecule has 1 fully saturated rings. The van der Waals surface area contributed by atoms with E-state index < -0.39 is 0 Å². The van der Waals surface area contributed by atoms with E-state index in [0.29, 0.717) is 35.1 Å². The number of ether oxygens (including phenoxy) is 1. The first-order chi connectivity index (χ1) is 13.5. The molecule has 1 atom stereocenters. The zero-order chi connectivity index (χ0) is 20.1. The number of hydrogen-bond acceptors (Lipinski definition) is 3. The van der Waals surface area contributed by atoms with E-state index in [1.54, 1.807) is 36.4 Å². The second kappa shape index (κ2) is 9.11. The molecule has 148 valence electrons.